The molecule has 0 fully saturated rings. The lowest BCUT2D eigenvalue weighted by Gasteiger charge is -2.15. The maximum atomic E-state index is 10.8. The number of non-ortho nitro benzene ring substituents is 1. The molecular formula is C14H13IN2O2. The smallest absolute Gasteiger partial charge is 0.269 e. The van der Waals surface area contributed by atoms with Crippen molar-refractivity contribution in [2.45, 2.75) is 13.0 Å². The molecule has 2 aromatic rings. The van der Waals surface area contributed by atoms with Gasteiger partial charge in [0.25, 0.3) is 5.69 Å². The van der Waals surface area contributed by atoms with Crippen LogP contribution >= 0.6 is 22.6 Å². The van der Waals surface area contributed by atoms with E-state index in [1.165, 1.54) is 9.64 Å². The molecule has 0 bridgehead atoms. The van der Waals surface area contributed by atoms with Gasteiger partial charge in [-0.25, -0.2) is 0 Å². The van der Waals surface area contributed by atoms with Crippen LogP contribution in [-0.2, 0) is 0 Å². The first-order chi connectivity index (χ1) is 9.06. The van der Waals surface area contributed by atoms with Crippen LogP contribution in [0, 0.1) is 13.7 Å². The number of nitrogens with one attached hydrogen (secondary N) is 1. The molecule has 0 aliphatic heterocycles. The largest absolute Gasteiger partial charge is 0.379 e. The van der Waals surface area contributed by atoms with E-state index in [1.807, 2.05) is 37.3 Å². The number of anilines is 1. The highest BCUT2D eigenvalue weighted by Crippen LogP contribution is 2.23. The molecule has 0 saturated carbocycles. The number of hydrogen-bond acceptors (Lipinski definition) is 3. The lowest BCUT2D eigenvalue weighted by atomic mass is 10.1. The number of nitrogens with zero attached hydrogens (tertiary/aromatic N) is 1. The maximum absolute atomic E-state index is 10.8. The number of halogens is 1. The maximum Gasteiger partial charge on any atom is 0.269 e. The van der Waals surface area contributed by atoms with Gasteiger partial charge in [-0.1, -0.05) is 12.1 Å². The van der Waals surface area contributed by atoms with Crippen molar-refractivity contribution in [2.75, 3.05) is 5.32 Å². The summed E-state index contributed by atoms with van der Waals surface area (Å²) in [5.74, 6) is 0. The van der Waals surface area contributed by atoms with Crippen molar-refractivity contribution < 1.29 is 4.92 Å². The fraction of sp³-hybridized carbons (Fsp3) is 0.143. The van der Waals surface area contributed by atoms with Crippen LogP contribution in [0.15, 0.2) is 48.5 Å². The van der Waals surface area contributed by atoms with Gasteiger partial charge in [0, 0.05) is 27.4 Å². The molecule has 1 atom stereocenters. The van der Waals surface area contributed by atoms with Crippen LogP contribution in [0.5, 0.6) is 0 Å². The molecule has 0 aliphatic rings. The Hall–Kier alpha value is -1.63. The van der Waals surface area contributed by atoms with Gasteiger partial charge < -0.3 is 5.32 Å². The summed E-state index contributed by atoms with van der Waals surface area (Å²) < 4.78 is 1.17. The zero-order valence-electron chi connectivity index (χ0n) is 10.3. The molecule has 0 aliphatic carbocycles. The average molecular weight is 368 g/mol. The van der Waals surface area contributed by atoms with E-state index in [4.69, 9.17) is 0 Å². The van der Waals surface area contributed by atoms with Gasteiger partial charge in [-0.2, -0.15) is 0 Å². The minimum Gasteiger partial charge on any atom is -0.379 e. The quantitative estimate of drug-likeness (QED) is 0.495. The summed E-state index contributed by atoms with van der Waals surface area (Å²) in [6.45, 7) is 1.98. The SMILES string of the molecule is CC(Nc1ccc(I)cc1)c1cccc([N+](=O)[O-])c1. The van der Waals surface area contributed by atoms with Crippen LogP contribution in [0.4, 0.5) is 11.4 Å². The van der Waals surface area contributed by atoms with Crippen LogP contribution in [0.25, 0.3) is 0 Å². The Kier molecular flexibility index (Phi) is 4.36. The Labute approximate surface area is 125 Å². The molecule has 5 heteroatoms. The summed E-state index contributed by atoms with van der Waals surface area (Å²) in [6.07, 6.45) is 0. The standard InChI is InChI=1S/C14H13IN2O2/c1-10(16-13-7-5-12(15)6-8-13)11-3-2-4-14(9-11)17(18)19/h2-10,16H,1H3. The molecule has 98 valence electrons. The fourth-order valence-electron chi connectivity index (χ4n) is 1.79. The molecule has 0 amide bonds. The first-order valence-electron chi connectivity index (χ1n) is 5.83. The van der Waals surface area contributed by atoms with Crippen molar-refractivity contribution in [3.05, 3.63) is 67.8 Å². The third kappa shape index (κ3) is 3.66. The first kappa shape index (κ1) is 13.8. The second kappa shape index (κ2) is 6.01. The van der Waals surface area contributed by atoms with Crippen molar-refractivity contribution in [3.8, 4) is 0 Å². The monoisotopic (exact) mass is 368 g/mol. The lowest BCUT2D eigenvalue weighted by molar-refractivity contribution is -0.384. The lowest BCUT2D eigenvalue weighted by Crippen LogP contribution is -2.06. The number of benzene rings is 2. The van der Waals surface area contributed by atoms with E-state index >= 15 is 0 Å². The Morgan fingerprint density at radius 3 is 2.53 bits per heavy atom. The van der Waals surface area contributed by atoms with Crippen LogP contribution in [0.2, 0.25) is 0 Å². The zero-order chi connectivity index (χ0) is 13.8. The molecule has 19 heavy (non-hydrogen) atoms. The van der Waals surface area contributed by atoms with Crippen molar-refractivity contribution in [2.24, 2.45) is 0 Å². The number of hydrogen-bond donors (Lipinski definition) is 1. The Morgan fingerprint density at radius 2 is 1.89 bits per heavy atom. The summed E-state index contributed by atoms with van der Waals surface area (Å²) in [4.78, 5) is 10.4. The molecule has 0 heterocycles. The van der Waals surface area contributed by atoms with Gasteiger partial charge in [-0.05, 0) is 59.3 Å². The van der Waals surface area contributed by atoms with E-state index in [0.717, 1.165) is 11.3 Å². The topological polar surface area (TPSA) is 55.2 Å². The summed E-state index contributed by atoms with van der Waals surface area (Å²) in [5.41, 5.74) is 2.01. The van der Waals surface area contributed by atoms with E-state index in [0.29, 0.717) is 0 Å². The Bertz CT molecular complexity index is 584. The van der Waals surface area contributed by atoms with Gasteiger partial charge in [-0.15, -0.1) is 0 Å². The summed E-state index contributed by atoms with van der Waals surface area (Å²) >= 11 is 2.25. The van der Waals surface area contributed by atoms with Gasteiger partial charge in [-0.3, -0.25) is 10.1 Å². The molecule has 0 spiro atoms. The highest BCUT2D eigenvalue weighted by atomic mass is 127. The minimum absolute atomic E-state index is 0.0139. The van der Waals surface area contributed by atoms with Gasteiger partial charge in [0.15, 0.2) is 0 Å². The van der Waals surface area contributed by atoms with Gasteiger partial charge in [0.2, 0.25) is 0 Å². The number of rotatable bonds is 4. The predicted octanol–water partition coefficient (Wildman–Crippen LogP) is 4.37. The van der Waals surface area contributed by atoms with Crippen LogP contribution < -0.4 is 5.32 Å². The zero-order valence-corrected chi connectivity index (χ0v) is 12.5. The van der Waals surface area contributed by atoms with Crippen molar-refractivity contribution in [3.63, 3.8) is 0 Å². The van der Waals surface area contributed by atoms with E-state index in [1.54, 1.807) is 12.1 Å². The molecule has 0 saturated heterocycles. The third-order valence-corrected chi connectivity index (χ3v) is 3.53. The molecule has 4 nitrogen and oxygen atoms in total. The molecule has 0 aromatic heterocycles. The van der Waals surface area contributed by atoms with Crippen molar-refractivity contribution in [1.29, 1.82) is 0 Å². The summed E-state index contributed by atoms with van der Waals surface area (Å²) in [6, 6.07) is 14.7. The van der Waals surface area contributed by atoms with Crippen LogP contribution in [0.3, 0.4) is 0 Å². The highest BCUT2D eigenvalue weighted by molar-refractivity contribution is 14.1. The Morgan fingerprint density at radius 1 is 1.21 bits per heavy atom. The van der Waals surface area contributed by atoms with Gasteiger partial charge >= 0.3 is 0 Å². The third-order valence-electron chi connectivity index (χ3n) is 2.81. The summed E-state index contributed by atoms with van der Waals surface area (Å²) in [5, 5.41) is 14.1. The van der Waals surface area contributed by atoms with E-state index < -0.39 is 0 Å². The fourth-order valence-corrected chi connectivity index (χ4v) is 2.15. The first-order valence-corrected chi connectivity index (χ1v) is 6.90. The normalized spacial score (nSPS) is 11.9. The van der Waals surface area contributed by atoms with E-state index in [-0.39, 0.29) is 16.7 Å². The minimum atomic E-state index is -0.374. The Balaban J connectivity index is 2.15. The summed E-state index contributed by atoms with van der Waals surface area (Å²) in [7, 11) is 0. The highest BCUT2D eigenvalue weighted by Gasteiger charge is 2.10. The molecule has 1 N–H and O–H groups in total. The molecule has 0 radical (unpaired) electrons. The number of nitro benzene ring substituents is 1. The van der Waals surface area contributed by atoms with E-state index in [2.05, 4.69) is 27.9 Å². The molecule has 1 unspecified atom stereocenters. The molecular weight excluding hydrogens is 355 g/mol. The van der Waals surface area contributed by atoms with Gasteiger partial charge in [0.1, 0.15) is 0 Å². The second-order valence-electron chi connectivity index (χ2n) is 4.23. The number of nitro groups is 1. The molecule has 2 aromatic carbocycles. The predicted molar refractivity (Wildman–Crippen MR) is 84.3 cm³/mol. The van der Waals surface area contributed by atoms with Crippen molar-refractivity contribution in [1.82, 2.24) is 0 Å². The second-order valence-corrected chi connectivity index (χ2v) is 5.47. The van der Waals surface area contributed by atoms with Crippen LogP contribution in [0.1, 0.15) is 18.5 Å². The van der Waals surface area contributed by atoms with Crippen molar-refractivity contribution >= 4 is 34.0 Å². The van der Waals surface area contributed by atoms with E-state index in [9.17, 15) is 10.1 Å². The van der Waals surface area contributed by atoms with Gasteiger partial charge in [0.05, 0.1) is 4.92 Å². The molecule has 2 rings (SSSR count). The van der Waals surface area contributed by atoms with Crippen LogP contribution in [-0.4, -0.2) is 4.92 Å². The average Bonchev–Trinajstić information content (AvgIpc) is 2.41.